The molecule has 0 radical (unpaired) electrons. The molecule has 0 aromatic carbocycles. The third kappa shape index (κ3) is 2.06. The van der Waals surface area contributed by atoms with Crippen LogP contribution in [0.5, 0.6) is 0 Å². The van der Waals surface area contributed by atoms with Crippen LogP contribution in [0.4, 0.5) is 0 Å². The van der Waals surface area contributed by atoms with E-state index in [2.05, 4.69) is 9.97 Å². The lowest BCUT2D eigenvalue weighted by atomic mass is 10.1. The van der Waals surface area contributed by atoms with Crippen molar-refractivity contribution in [3.05, 3.63) is 17.0 Å². The number of hydrogen-bond acceptors (Lipinski definition) is 4. The lowest BCUT2D eigenvalue weighted by Gasteiger charge is -2.05. The molecule has 70 valence electrons. The number of thioether (sulfide) groups is 1. The van der Waals surface area contributed by atoms with Gasteiger partial charge < -0.3 is 0 Å². The molecule has 0 fully saturated rings. The third-order valence-corrected chi connectivity index (χ3v) is 2.33. The molecule has 3 nitrogen and oxygen atoms in total. The average molecular weight is 196 g/mol. The molecule has 0 saturated heterocycles. The highest BCUT2D eigenvalue weighted by Gasteiger charge is 2.11. The number of carbonyl (C=O) groups excluding carboxylic acids is 1. The van der Waals surface area contributed by atoms with Crippen LogP contribution in [-0.2, 0) is 0 Å². The first-order valence-corrected chi connectivity index (χ1v) is 5.19. The van der Waals surface area contributed by atoms with Gasteiger partial charge in [-0.05, 0) is 27.0 Å². The fourth-order valence-electron chi connectivity index (χ4n) is 1.29. The molecule has 0 N–H and O–H groups in total. The maximum atomic E-state index is 11.2. The molecule has 0 saturated carbocycles. The number of Topliss-reactive ketones (excluding diaryl/α,β-unsaturated/α-hetero) is 1. The Morgan fingerprint density at radius 2 is 1.69 bits per heavy atom. The van der Waals surface area contributed by atoms with Crippen molar-refractivity contribution in [2.45, 2.75) is 25.9 Å². The van der Waals surface area contributed by atoms with Crippen molar-refractivity contribution >= 4 is 17.5 Å². The van der Waals surface area contributed by atoms with Crippen LogP contribution in [0.2, 0.25) is 0 Å². The number of ketones is 1. The van der Waals surface area contributed by atoms with Gasteiger partial charge in [-0.2, -0.15) is 0 Å². The van der Waals surface area contributed by atoms with Crippen molar-refractivity contribution in [3.63, 3.8) is 0 Å². The van der Waals surface area contributed by atoms with Gasteiger partial charge in [0.2, 0.25) is 0 Å². The highest BCUT2D eigenvalue weighted by atomic mass is 32.2. The lowest BCUT2D eigenvalue weighted by Crippen LogP contribution is -2.05. The lowest BCUT2D eigenvalue weighted by molar-refractivity contribution is 0.101. The molecule has 0 aliphatic rings. The van der Waals surface area contributed by atoms with E-state index in [1.165, 1.54) is 18.7 Å². The summed E-state index contributed by atoms with van der Waals surface area (Å²) in [7, 11) is 0. The van der Waals surface area contributed by atoms with Gasteiger partial charge in [-0.1, -0.05) is 11.8 Å². The minimum atomic E-state index is 0.0302. The Bertz CT molecular complexity index is 326. The third-order valence-electron chi connectivity index (χ3n) is 1.78. The van der Waals surface area contributed by atoms with E-state index >= 15 is 0 Å². The normalized spacial score (nSPS) is 10.2. The van der Waals surface area contributed by atoms with Crippen LogP contribution in [-0.4, -0.2) is 22.0 Å². The summed E-state index contributed by atoms with van der Waals surface area (Å²) in [5.41, 5.74) is 2.19. The average Bonchev–Trinajstić information content (AvgIpc) is 2.02. The summed E-state index contributed by atoms with van der Waals surface area (Å²) < 4.78 is 0. The number of aromatic nitrogens is 2. The minimum absolute atomic E-state index is 0.0302. The van der Waals surface area contributed by atoms with Gasteiger partial charge in [0.15, 0.2) is 10.9 Å². The van der Waals surface area contributed by atoms with E-state index < -0.39 is 0 Å². The van der Waals surface area contributed by atoms with Crippen molar-refractivity contribution in [1.29, 1.82) is 0 Å². The first-order valence-electron chi connectivity index (χ1n) is 3.96. The zero-order chi connectivity index (χ0) is 10.0. The summed E-state index contributed by atoms with van der Waals surface area (Å²) in [6, 6.07) is 0. The number of nitrogens with zero attached hydrogens (tertiary/aromatic N) is 2. The van der Waals surface area contributed by atoms with Crippen LogP contribution >= 0.6 is 11.8 Å². The van der Waals surface area contributed by atoms with Crippen LogP contribution < -0.4 is 0 Å². The molecular weight excluding hydrogens is 184 g/mol. The minimum Gasteiger partial charge on any atom is -0.294 e. The molecule has 4 heteroatoms. The zero-order valence-corrected chi connectivity index (χ0v) is 9.03. The smallest absolute Gasteiger partial charge is 0.187 e. The van der Waals surface area contributed by atoms with Crippen molar-refractivity contribution in [2.24, 2.45) is 0 Å². The van der Waals surface area contributed by atoms with Gasteiger partial charge in [0.25, 0.3) is 0 Å². The number of hydrogen-bond donors (Lipinski definition) is 0. The monoisotopic (exact) mass is 196 g/mol. The van der Waals surface area contributed by atoms with Gasteiger partial charge in [-0.3, -0.25) is 4.79 Å². The maximum Gasteiger partial charge on any atom is 0.187 e. The molecule has 0 aliphatic heterocycles. The van der Waals surface area contributed by atoms with Crippen LogP contribution in [0.15, 0.2) is 5.16 Å². The van der Waals surface area contributed by atoms with Gasteiger partial charge in [-0.25, -0.2) is 9.97 Å². The van der Waals surface area contributed by atoms with Crippen LogP contribution in [0.25, 0.3) is 0 Å². The van der Waals surface area contributed by atoms with Crippen molar-refractivity contribution in [2.75, 3.05) is 6.26 Å². The van der Waals surface area contributed by atoms with E-state index in [1.54, 1.807) is 0 Å². The Hall–Kier alpha value is -0.900. The molecule has 1 aromatic heterocycles. The van der Waals surface area contributed by atoms with E-state index in [4.69, 9.17) is 0 Å². The fraction of sp³-hybridized carbons (Fsp3) is 0.444. The Morgan fingerprint density at radius 1 is 1.23 bits per heavy atom. The molecule has 13 heavy (non-hydrogen) atoms. The largest absolute Gasteiger partial charge is 0.294 e. The molecule has 0 spiro atoms. The Kier molecular flexibility index (Phi) is 3.03. The standard InChI is InChI=1S/C9H12N2OS/c1-5-8(7(3)12)6(2)11-9(10-5)13-4/h1-4H3. The fourth-order valence-corrected chi connectivity index (χ4v) is 1.74. The van der Waals surface area contributed by atoms with E-state index in [0.29, 0.717) is 5.56 Å². The molecule has 1 heterocycles. The summed E-state index contributed by atoms with van der Waals surface area (Å²) in [5.74, 6) is 0.0302. The van der Waals surface area contributed by atoms with Gasteiger partial charge in [0.05, 0.1) is 17.0 Å². The molecule has 0 aliphatic carbocycles. The quantitative estimate of drug-likeness (QED) is 0.412. The summed E-state index contributed by atoms with van der Waals surface area (Å²) in [6.07, 6.45) is 1.92. The van der Waals surface area contributed by atoms with Crippen molar-refractivity contribution in [1.82, 2.24) is 9.97 Å². The first kappa shape index (κ1) is 10.2. The molecule has 1 rings (SSSR count). The Morgan fingerprint density at radius 3 is 2.00 bits per heavy atom. The summed E-state index contributed by atoms with van der Waals surface area (Å²) in [6.45, 7) is 5.22. The van der Waals surface area contributed by atoms with Gasteiger partial charge in [-0.15, -0.1) is 0 Å². The molecule has 0 bridgehead atoms. The second kappa shape index (κ2) is 3.87. The summed E-state index contributed by atoms with van der Waals surface area (Å²) >= 11 is 1.48. The maximum absolute atomic E-state index is 11.2. The Balaban J connectivity index is 3.31. The zero-order valence-electron chi connectivity index (χ0n) is 8.21. The van der Waals surface area contributed by atoms with Crippen molar-refractivity contribution in [3.8, 4) is 0 Å². The summed E-state index contributed by atoms with van der Waals surface area (Å²) in [4.78, 5) is 19.6. The first-order chi connectivity index (χ1) is 6.06. The van der Waals surface area contributed by atoms with Crippen molar-refractivity contribution < 1.29 is 4.79 Å². The van der Waals surface area contributed by atoms with Crippen LogP contribution in [0.3, 0.4) is 0 Å². The number of rotatable bonds is 2. The number of aryl methyl sites for hydroxylation is 2. The van der Waals surface area contributed by atoms with E-state index in [0.717, 1.165) is 16.5 Å². The number of carbonyl (C=O) groups is 1. The molecule has 1 aromatic rings. The molecule has 0 atom stereocenters. The van der Waals surface area contributed by atoms with Crippen LogP contribution in [0.1, 0.15) is 28.7 Å². The van der Waals surface area contributed by atoms with E-state index in [-0.39, 0.29) is 5.78 Å². The summed E-state index contributed by atoms with van der Waals surface area (Å²) in [5, 5.41) is 0.722. The van der Waals surface area contributed by atoms with Gasteiger partial charge in [0.1, 0.15) is 0 Å². The highest BCUT2D eigenvalue weighted by Crippen LogP contribution is 2.15. The predicted molar refractivity (Wildman–Crippen MR) is 53.3 cm³/mol. The molecule has 0 unspecified atom stereocenters. The highest BCUT2D eigenvalue weighted by molar-refractivity contribution is 7.98. The Labute approximate surface area is 82.0 Å². The molecule has 0 amide bonds. The van der Waals surface area contributed by atoms with Gasteiger partial charge in [0, 0.05) is 0 Å². The van der Waals surface area contributed by atoms with Gasteiger partial charge >= 0.3 is 0 Å². The van der Waals surface area contributed by atoms with E-state index in [1.807, 2.05) is 20.1 Å². The second-order valence-electron chi connectivity index (χ2n) is 2.81. The van der Waals surface area contributed by atoms with Crippen LogP contribution in [0, 0.1) is 13.8 Å². The second-order valence-corrected chi connectivity index (χ2v) is 3.59. The SMILES string of the molecule is CSc1nc(C)c(C(C)=O)c(C)n1. The predicted octanol–water partition coefficient (Wildman–Crippen LogP) is 2.02. The topological polar surface area (TPSA) is 42.9 Å². The molecular formula is C9H12N2OS. The van der Waals surface area contributed by atoms with E-state index in [9.17, 15) is 4.79 Å².